The third-order valence-corrected chi connectivity index (χ3v) is 6.03. The van der Waals surface area contributed by atoms with Crippen LogP contribution in [0.5, 0.6) is 0 Å². The van der Waals surface area contributed by atoms with Crippen LogP contribution in [0.4, 0.5) is 5.82 Å². The van der Waals surface area contributed by atoms with Gasteiger partial charge in [0.05, 0.1) is 5.39 Å². The van der Waals surface area contributed by atoms with Crippen LogP contribution in [0, 0.1) is 5.41 Å². The highest BCUT2D eigenvalue weighted by atomic mass is 16.8. The predicted molar refractivity (Wildman–Crippen MR) is 92.1 cm³/mol. The molecule has 6 heteroatoms. The van der Waals surface area contributed by atoms with Gasteiger partial charge >= 0.3 is 0 Å². The van der Waals surface area contributed by atoms with E-state index >= 15 is 0 Å². The van der Waals surface area contributed by atoms with E-state index in [0.29, 0.717) is 5.82 Å². The van der Waals surface area contributed by atoms with E-state index in [1.54, 1.807) is 0 Å². The molecule has 1 aliphatic carbocycles. The van der Waals surface area contributed by atoms with Gasteiger partial charge in [-0.3, -0.25) is 0 Å². The van der Waals surface area contributed by atoms with Gasteiger partial charge in [-0.15, -0.1) is 6.58 Å². The fourth-order valence-electron chi connectivity index (χ4n) is 4.57. The average Bonchev–Trinajstić information content (AvgIpc) is 3.09. The number of nitrogens with zero attached hydrogens (tertiary/aromatic N) is 3. The maximum absolute atomic E-state index is 6.54. The van der Waals surface area contributed by atoms with E-state index in [4.69, 9.17) is 15.2 Å². The zero-order chi connectivity index (χ0) is 17.4. The molecular formula is C18H24N4O2. The Morgan fingerprint density at radius 3 is 2.67 bits per heavy atom. The number of nitrogens with two attached hydrogens (primary N) is 1. The molecule has 128 valence electrons. The van der Waals surface area contributed by atoms with Gasteiger partial charge in [0.25, 0.3) is 0 Å². The van der Waals surface area contributed by atoms with Crippen molar-refractivity contribution in [3.05, 3.63) is 31.2 Å². The Balaban J connectivity index is 2.00. The lowest BCUT2D eigenvalue weighted by molar-refractivity contribution is -0.192. The fraction of sp³-hybridized carbons (Fsp3) is 0.556. The third-order valence-electron chi connectivity index (χ3n) is 6.03. The van der Waals surface area contributed by atoms with Gasteiger partial charge in [-0.2, -0.15) is 0 Å². The van der Waals surface area contributed by atoms with Crippen LogP contribution in [-0.2, 0) is 15.2 Å². The first-order valence-electron chi connectivity index (χ1n) is 8.30. The number of rotatable bonds is 2. The van der Waals surface area contributed by atoms with E-state index in [2.05, 4.69) is 35.0 Å². The quantitative estimate of drug-likeness (QED) is 0.857. The van der Waals surface area contributed by atoms with Crippen LogP contribution in [0.25, 0.3) is 11.0 Å². The molecule has 3 atom stereocenters. The third kappa shape index (κ3) is 1.62. The van der Waals surface area contributed by atoms with E-state index < -0.39 is 17.1 Å². The summed E-state index contributed by atoms with van der Waals surface area (Å²) >= 11 is 0. The molecule has 0 unspecified atom stereocenters. The number of ether oxygens (including phenoxy) is 2. The molecule has 2 N–H and O–H groups in total. The highest BCUT2D eigenvalue weighted by Crippen LogP contribution is 2.65. The molecule has 6 nitrogen and oxygen atoms in total. The summed E-state index contributed by atoms with van der Waals surface area (Å²) in [6.45, 7) is 12.3. The van der Waals surface area contributed by atoms with Gasteiger partial charge in [-0.25, -0.2) is 9.97 Å². The van der Waals surface area contributed by atoms with E-state index in [1.165, 1.54) is 6.33 Å². The topological polar surface area (TPSA) is 75.2 Å². The van der Waals surface area contributed by atoms with Crippen LogP contribution in [0.1, 0.15) is 40.5 Å². The molecule has 3 heterocycles. The number of hydrogen-bond acceptors (Lipinski definition) is 5. The number of fused-ring (bicyclic) bond motifs is 2. The number of hydrogen-bond donors (Lipinski definition) is 1. The lowest BCUT2D eigenvalue weighted by Gasteiger charge is -2.43. The van der Waals surface area contributed by atoms with Crippen LogP contribution < -0.4 is 5.73 Å². The van der Waals surface area contributed by atoms with Gasteiger partial charge in [0.15, 0.2) is 11.5 Å². The second-order valence-electron chi connectivity index (χ2n) is 7.73. The molecule has 0 aromatic carbocycles. The van der Waals surface area contributed by atoms with E-state index in [-0.39, 0.29) is 5.41 Å². The molecule has 2 aromatic heterocycles. The summed E-state index contributed by atoms with van der Waals surface area (Å²) in [5.74, 6) is -0.228. The SMILES string of the molecule is C=C[C@@]1(C)CC[C@@]2(n3ccc4c(N)ncnc43)OC(C)(C)O[C@]12C. The van der Waals surface area contributed by atoms with Crippen molar-refractivity contribution in [2.45, 2.75) is 57.6 Å². The minimum atomic E-state index is -0.700. The van der Waals surface area contributed by atoms with Crippen LogP contribution in [0.3, 0.4) is 0 Å². The van der Waals surface area contributed by atoms with E-state index in [1.807, 2.05) is 32.2 Å². The monoisotopic (exact) mass is 328 g/mol. The molecule has 0 bridgehead atoms. The van der Waals surface area contributed by atoms with E-state index in [0.717, 1.165) is 23.9 Å². The molecule has 1 saturated carbocycles. The fourth-order valence-corrected chi connectivity index (χ4v) is 4.57. The second-order valence-corrected chi connectivity index (χ2v) is 7.73. The first kappa shape index (κ1) is 15.6. The standard InChI is InChI=1S/C18H24N4O2/c1-6-16(4)8-9-18(17(16,5)23-15(2,3)24-18)22-10-7-12-13(19)20-11-21-14(12)22/h6-7,10-11H,1,8-9H2,2-5H3,(H2,19,20,21)/t16-,17+,18+/m0/s1. The maximum atomic E-state index is 6.54. The van der Waals surface area contributed by atoms with Gasteiger partial charge in [-0.05, 0) is 39.7 Å². The molecule has 0 radical (unpaired) electrons. The van der Waals surface area contributed by atoms with Crippen molar-refractivity contribution in [2.75, 3.05) is 5.73 Å². The van der Waals surface area contributed by atoms with Gasteiger partial charge in [0.2, 0.25) is 0 Å². The highest BCUT2D eigenvalue weighted by molar-refractivity contribution is 5.86. The molecule has 4 rings (SSSR count). The summed E-state index contributed by atoms with van der Waals surface area (Å²) in [5, 5.41) is 0.828. The zero-order valence-corrected chi connectivity index (χ0v) is 14.7. The molecular weight excluding hydrogens is 304 g/mol. The first-order chi connectivity index (χ1) is 11.2. The molecule has 2 aromatic rings. The molecule has 24 heavy (non-hydrogen) atoms. The normalized spacial score (nSPS) is 37.7. The maximum Gasteiger partial charge on any atom is 0.179 e. The second kappa shape index (κ2) is 4.37. The predicted octanol–water partition coefficient (Wildman–Crippen LogP) is 3.19. The van der Waals surface area contributed by atoms with Crippen LogP contribution in [0.15, 0.2) is 31.2 Å². The zero-order valence-electron chi connectivity index (χ0n) is 14.7. The Morgan fingerprint density at radius 1 is 1.21 bits per heavy atom. The Morgan fingerprint density at radius 2 is 1.96 bits per heavy atom. The highest BCUT2D eigenvalue weighted by Gasteiger charge is 2.72. The number of anilines is 1. The molecule has 2 aliphatic rings. The van der Waals surface area contributed by atoms with Crippen molar-refractivity contribution < 1.29 is 9.47 Å². The molecule has 1 saturated heterocycles. The van der Waals surface area contributed by atoms with Crippen molar-refractivity contribution in [1.82, 2.24) is 14.5 Å². The molecule has 0 amide bonds. The minimum absolute atomic E-state index is 0.212. The summed E-state index contributed by atoms with van der Waals surface area (Å²) in [6.07, 6.45) is 7.19. The average molecular weight is 328 g/mol. The van der Waals surface area contributed by atoms with Gasteiger partial charge in [-0.1, -0.05) is 13.0 Å². The molecule has 0 spiro atoms. The Labute approximate surface area is 141 Å². The van der Waals surface area contributed by atoms with Crippen molar-refractivity contribution in [3.8, 4) is 0 Å². The Kier molecular flexibility index (Phi) is 2.84. The number of aromatic nitrogens is 3. The summed E-state index contributed by atoms with van der Waals surface area (Å²) in [5.41, 5.74) is 5.33. The van der Waals surface area contributed by atoms with Crippen LogP contribution in [-0.4, -0.2) is 25.9 Å². The molecule has 1 aliphatic heterocycles. The van der Waals surface area contributed by atoms with Crippen LogP contribution >= 0.6 is 0 Å². The van der Waals surface area contributed by atoms with Crippen molar-refractivity contribution in [1.29, 1.82) is 0 Å². The summed E-state index contributed by atoms with van der Waals surface area (Å²) in [4.78, 5) is 8.55. The van der Waals surface area contributed by atoms with Crippen molar-refractivity contribution >= 4 is 16.9 Å². The smallest absolute Gasteiger partial charge is 0.179 e. The minimum Gasteiger partial charge on any atom is -0.383 e. The largest absolute Gasteiger partial charge is 0.383 e. The Bertz CT molecular complexity index is 845. The first-order valence-corrected chi connectivity index (χ1v) is 8.30. The Hall–Kier alpha value is -1.92. The summed E-state index contributed by atoms with van der Waals surface area (Å²) < 4.78 is 15.1. The summed E-state index contributed by atoms with van der Waals surface area (Å²) in [6, 6.07) is 1.94. The van der Waals surface area contributed by atoms with Crippen LogP contribution in [0.2, 0.25) is 0 Å². The lowest BCUT2D eigenvalue weighted by atomic mass is 9.74. The van der Waals surface area contributed by atoms with Gasteiger partial charge in [0, 0.05) is 11.6 Å². The van der Waals surface area contributed by atoms with Gasteiger partial charge < -0.3 is 19.8 Å². The van der Waals surface area contributed by atoms with Gasteiger partial charge in [0.1, 0.15) is 23.4 Å². The van der Waals surface area contributed by atoms with Crippen molar-refractivity contribution in [2.24, 2.45) is 5.41 Å². The molecule has 2 fully saturated rings. The summed E-state index contributed by atoms with van der Waals surface area (Å²) in [7, 11) is 0. The lowest BCUT2D eigenvalue weighted by Crippen LogP contribution is -2.53. The van der Waals surface area contributed by atoms with Crippen molar-refractivity contribution in [3.63, 3.8) is 0 Å². The van der Waals surface area contributed by atoms with E-state index in [9.17, 15) is 0 Å². The number of nitrogen functional groups attached to an aromatic ring is 1.